The van der Waals surface area contributed by atoms with Crippen LogP contribution in [0.4, 0.5) is 18.9 Å². The molecule has 1 saturated carbocycles. The van der Waals surface area contributed by atoms with Crippen LogP contribution in [0.15, 0.2) is 34.1 Å². The Balaban J connectivity index is 1.45. The van der Waals surface area contributed by atoms with E-state index in [2.05, 4.69) is 16.0 Å². The number of amides is 2. The van der Waals surface area contributed by atoms with E-state index in [9.17, 15) is 35.6 Å². The van der Waals surface area contributed by atoms with Gasteiger partial charge in [-0.3, -0.25) is 9.59 Å². The largest absolute Gasteiger partial charge is 0.488 e. The zero-order chi connectivity index (χ0) is 45.6. The number of nitrogens with two attached hydrogens (primary N) is 1. The van der Waals surface area contributed by atoms with Crippen LogP contribution in [0.25, 0.3) is 0 Å². The van der Waals surface area contributed by atoms with Crippen molar-refractivity contribution in [2.75, 3.05) is 44.0 Å². The fourth-order valence-electron chi connectivity index (χ4n) is 6.38. The van der Waals surface area contributed by atoms with Crippen molar-refractivity contribution in [1.82, 2.24) is 10.6 Å². The highest BCUT2D eigenvalue weighted by atomic mass is 32.2. The molecule has 344 valence electrons. The number of hydrogen-bond acceptors (Lipinski definition) is 12. The number of esters is 1. The smallest absolute Gasteiger partial charge is 0.329 e. The normalized spacial score (nSPS) is 15.0. The quantitative estimate of drug-likeness (QED) is 0.0720. The van der Waals surface area contributed by atoms with E-state index in [4.69, 9.17) is 24.1 Å². The molecule has 2 aromatic rings. The van der Waals surface area contributed by atoms with Gasteiger partial charge in [0.1, 0.15) is 27.9 Å². The molecule has 1 unspecified atom stereocenters. The van der Waals surface area contributed by atoms with Gasteiger partial charge in [0, 0.05) is 31.8 Å². The van der Waals surface area contributed by atoms with E-state index in [0.717, 1.165) is 24.8 Å². The summed E-state index contributed by atoms with van der Waals surface area (Å²) >= 11 is 0. The van der Waals surface area contributed by atoms with Gasteiger partial charge in [0.25, 0.3) is 0 Å². The first-order valence-corrected chi connectivity index (χ1v) is 23.5. The molecule has 0 aliphatic heterocycles. The van der Waals surface area contributed by atoms with Crippen molar-refractivity contribution >= 4 is 43.3 Å². The topological polar surface area (TPSA) is 219 Å². The van der Waals surface area contributed by atoms with Gasteiger partial charge in [0.05, 0.1) is 37.9 Å². The molecule has 0 aromatic heterocycles. The highest BCUT2D eigenvalue weighted by molar-refractivity contribution is 7.91. The van der Waals surface area contributed by atoms with Crippen molar-refractivity contribution < 1.29 is 63.3 Å². The van der Waals surface area contributed by atoms with Crippen molar-refractivity contribution in [3.63, 3.8) is 0 Å². The van der Waals surface area contributed by atoms with Crippen LogP contribution in [0.3, 0.4) is 0 Å². The summed E-state index contributed by atoms with van der Waals surface area (Å²) in [5.74, 6) is -8.45. The van der Waals surface area contributed by atoms with Crippen molar-refractivity contribution in [2.45, 2.75) is 139 Å². The van der Waals surface area contributed by atoms with Gasteiger partial charge in [0.15, 0.2) is 32.2 Å². The summed E-state index contributed by atoms with van der Waals surface area (Å²) in [6.45, 7) is 11.1. The molecule has 0 saturated heterocycles. The fraction of sp³-hybridized carbons (Fsp3) is 0.634. The molecule has 5 N–H and O–H groups in total. The zero-order valence-electron chi connectivity index (χ0n) is 35.8. The lowest BCUT2D eigenvalue weighted by Gasteiger charge is -2.25. The molecule has 1 aliphatic carbocycles. The summed E-state index contributed by atoms with van der Waals surface area (Å²) in [6, 6.07) is 5.70. The second-order valence-corrected chi connectivity index (χ2v) is 20.4. The molecule has 1 aliphatic rings. The Bertz CT molecular complexity index is 2020. The van der Waals surface area contributed by atoms with E-state index in [0.29, 0.717) is 31.4 Å². The summed E-state index contributed by atoms with van der Waals surface area (Å²) in [5.41, 5.74) is -1.41. The number of carbonyl (C=O) groups excluding carboxylic acids is 3. The van der Waals surface area contributed by atoms with Crippen LogP contribution in [0, 0.1) is 17.5 Å². The van der Waals surface area contributed by atoms with Crippen LogP contribution < -0.4 is 25.8 Å². The van der Waals surface area contributed by atoms with Gasteiger partial charge in [-0.25, -0.2) is 39.9 Å². The van der Waals surface area contributed by atoms with E-state index < -0.39 is 100 Å². The highest BCUT2D eigenvalue weighted by Gasteiger charge is 2.37. The average molecular weight is 907 g/mol. The fourth-order valence-corrected chi connectivity index (χ4v) is 8.55. The van der Waals surface area contributed by atoms with Crippen LogP contribution in [-0.4, -0.2) is 96.6 Å². The maximum absolute atomic E-state index is 15.6. The van der Waals surface area contributed by atoms with Crippen LogP contribution in [0.2, 0.25) is 0 Å². The second kappa shape index (κ2) is 22.9. The third kappa shape index (κ3) is 17.7. The maximum atomic E-state index is 15.6. The van der Waals surface area contributed by atoms with E-state index in [-0.39, 0.29) is 51.4 Å². The van der Waals surface area contributed by atoms with Gasteiger partial charge < -0.3 is 34.9 Å². The third-order valence-electron chi connectivity index (χ3n) is 9.11. The van der Waals surface area contributed by atoms with Gasteiger partial charge in [0.2, 0.25) is 21.8 Å². The number of anilines is 1. The molecule has 0 spiro atoms. The van der Waals surface area contributed by atoms with Gasteiger partial charge in [-0.15, -0.1) is 0 Å². The first kappa shape index (κ1) is 51.4. The monoisotopic (exact) mass is 906 g/mol. The standard InChI is InChI=1S/C41H61F3N4O11S2/c1-40(2,3)58-29-16-14-27(15-17-29)26-30(39(51)59-41(4,5)6)48-32(50)18-21-56-23-24-57-22-20-46-31(49)19-25-60(52,53)38-34(43)33(42)37(61(45,54)55)35(44)36(38)47-28-12-10-8-7-9-11-13-28/h14-17,28,30,47H,7-13,18-26H2,1-6H3,(H,46,49)(H,48,50)(H2,45,54,55). The van der Waals surface area contributed by atoms with Crippen molar-refractivity contribution in [3.8, 4) is 5.75 Å². The zero-order valence-corrected chi connectivity index (χ0v) is 37.4. The summed E-state index contributed by atoms with van der Waals surface area (Å²) in [4.78, 5) is 35.0. The number of nitrogens with one attached hydrogen (secondary N) is 3. The molecular formula is C41H61F3N4O11S2. The molecule has 2 aromatic carbocycles. The summed E-state index contributed by atoms with van der Waals surface area (Å²) in [6.07, 6.45) is 4.35. The minimum absolute atomic E-state index is 0.0112. The van der Waals surface area contributed by atoms with E-state index in [1.54, 1.807) is 32.9 Å². The van der Waals surface area contributed by atoms with E-state index in [1.807, 2.05) is 32.9 Å². The van der Waals surface area contributed by atoms with Crippen LogP contribution in [-0.2, 0) is 54.9 Å². The Morgan fingerprint density at radius 1 is 0.754 bits per heavy atom. The predicted molar refractivity (Wildman–Crippen MR) is 222 cm³/mol. The number of ether oxygens (including phenoxy) is 4. The predicted octanol–water partition coefficient (Wildman–Crippen LogP) is 5.23. The molecule has 1 fully saturated rings. The Morgan fingerprint density at radius 2 is 1.33 bits per heavy atom. The summed E-state index contributed by atoms with van der Waals surface area (Å²) < 4.78 is 119. The van der Waals surface area contributed by atoms with Gasteiger partial charge >= 0.3 is 5.97 Å². The van der Waals surface area contributed by atoms with Gasteiger partial charge in [-0.05, 0) is 72.1 Å². The van der Waals surface area contributed by atoms with Gasteiger partial charge in [-0.2, -0.15) is 0 Å². The number of benzene rings is 2. The average Bonchev–Trinajstić information content (AvgIpc) is 3.11. The van der Waals surface area contributed by atoms with Crippen LogP contribution in [0.5, 0.6) is 5.75 Å². The SMILES string of the molecule is CC(C)(C)OC(=O)C(Cc1ccc(OC(C)(C)C)cc1)NC(=O)CCOCCOCCNC(=O)CCS(=O)(=O)c1c(F)c(F)c(S(N)(=O)=O)c(F)c1NC1CCCCCCC1. The Kier molecular flexibility index (Phi) is 19.3. The van der Waals surface area contributed by atoms with Crippen LogP contribution in [0.1, 0.15) is 105 Å². The number of sulfone groups is 1. The molecule has 3 rings (SSSR count). The Morgan fingerprint density at radius 3 is 1.90 bits per heavy atom. The van der Waals surface area contributed by atoms with E-state index in [1.165, 1.54) is 0 Å². The van der Waals surface area contributed by atoms with Gasteiger partial charge in [-0.1, -0.05) is 44.2 Å². The van der Waals surface area contributed by atoms with Crippen molar-refractivity contribution in [3.05, 3.63) is 47.3 Å². The Hall–Kier alpha value is -3.98. The minimum Gasteiger partial charge on any atom is -0.488 e. The van der Waals surface area contributed by atoms with Crippen molar-refractivity contribution in [2.24, 2.45) is 5.14 Å². The van der Waals surface area contributed by atoms with Crippen molar-refractivity contribution in [1.29, 1.82) is 0 Å². The van der Waals surface area contributed by atoms with E-state index >= 15 is 8.78 Å². The summed E-state index contributed by atoms with van der Waals surface area (Å²) in [5, 5.41) is 12.7. The summed E-state index contributed by atoms with van der Waals surface area (Å²) in [7, 11) is -10.0. The minimum atomic E-state index is -5.14. The number of rotatable bonds is 21. The first-order chi connectivity index (χ1) is 28.4. The number of primary sulfonamides is 1. The lowest BCUT2D eigenvalue weighted by molar-refractivity contribution is -0.158. The lowest BCUT2D eigenvalue weighted by Crippen LogP contribution is -2.45. The molecule has 20 heteroatoms. The number of hydrogen-bond donors (Lipinski definition) is 4. The first-order valence-electron chi connectivity index (χ1n) is 20.3. The number of carbonyl (C=O) groups is 3. The molecule has 0 heterocycles. The number of halogens is 3. The second-order valence-electron chi connectivity index (χ2n) is 16.8. The molecule has 0 bridgehead atoms. The lowest BCUT2D eigenvalue weighted by atomic mass is 9.96. The van der Waals surface area contributed by atoms with Crippen LogP contribution >= 0.6 is 0 Å². The Labute approximate surface area is 357 Å². The molecule has 15 nitrogen and oxygen atoms in total. The highest BCUT2D eigenvalue weighted by Crippen LogP contribution is 2.37. The molecule has 0 radical (unpaired) electrons. The molecule has 2 amide bonds. The maximum Gasteiger partial charge on any atom is 0.329 e. The molecule has 1 atom stereocenters. The molecular weight excluding hydrogens is 846 g/mol. The number of sulfonamides is 1. The third-order valence-corrected chi connectivity index (χ3v) is 11.8. The molecule has 61 heavy (non-hydrogen) atoms.